The standard InChI is InChI=1S/C21H18OS/c22-18-12-7-13-19-21(18)17(15-8-3-1-4-9-15)14-20(23-19)16-10-5-2-6-11-16/h1-6,8-11,14,20H,7,12-13H2. The number of benzene rings is 2. The van der Waals surface area contributed by atoms with Gasteiger partial charge in [0.2, 0.25) is 0 Å². The van der Waals surface area contributed by atoms with Gasteiger partial charge in [-0.2, -0.15) is 0 Å². The zero-order valence-corrected chi connectivity index (χ0v) is 13.7. The first-order chi connectivity index (χ1) is 11.3. The van der Waals surface area contributed by atoms with E-state index < -0.39 is 0 Å². The fourth-order valence-electron chi connectivity index (χ4n) is 3.32. The Morgan fingerprint density at radius 3 is 2.30 bits per heavy atom. The molecule has 0 spiro atoms. The van der Waals surface area contributed by atoms with Crippen molar-refractivity contribution < 1.29 is 4.79 Å². The number of allylic oxidation sites excluding steroid dienone is 3. The summed E-state index contributed by atoms with van der Waals surface area (Å²) in [6.45, 7) is 0. The molecule has 0 fully saturated rings. The van der Waals surface area contributed by atoms with Crippen LogP contribution in [0.3, 0.4) is 0 Å². The number of carbonyl (C=O) groups excluding carboxylic acids is 1. The first kappa shape index (κ1) is 14.5. The SMILES string of the molecule is O=C1CCCC2=C1C(c1ccccc1)=CC(c1ccccc1)S2. The fraction of sp³-hybridized carbons (Fsp3) is 0.190. The second-order valence-corrected chi connectivity index (χ2v) is 7.21. The van der Waals surface area contributed by atoms with Gasteiger partial charge in [0.05, 0.1) is 5.25 Å². The third-order valence-electron chi connectivity index (χ3n) is 4.43. The van der Waals surface area contributed by atoms with E-state index in [4.69, 9.17) is 0 Å². The molecular weight excluding hydrogens is 300 g/mol. The van der Waals surface area contributed by atoms with Crippen LogP contribution in [0.5, 0.6) is 0 Å². The quantitative estimate of drug-likeness (QED) is 0.720. The summed E-state index contributed by atoms with van der Waals surface area (Å²) in [5.41, 5.74) is 4.55. The molecule has 2 aromatic rings. The van der Waals surface area contributed by atoms with Crippen molar-refractivity contribution in [3.63, 3.8) is 0 Å². The van der Waals surface area contributed by atoms with Gasteiger partial charge in [-0.3, -0.25) is 4.79 Å². The third-order valence-corrected chi connectivity index (χ3v) is 5.79. The fourth-order valence-corrected chi connectivity index (χ4v) is 4.73. The molecule has 1 atom stereocenters. The summed E-state index contributed by atoms with van der Waals surface area (Å²) in [6.07, 6.45) is 4.96. The summed E-state index contributed by atoms with van der Waals surface area (Å²) in [5.74, 6) is 0.306. The lowest BCUT2D eigenvalue weighted by Crippen LogP contribution is -2.16. The number of Topliss-reactive ketones (excluding diaryl/α,β-unsaturated/α-hetero) is 1. The van der Waals surface area contributed by atoms with E-state index in [1.807, 2.05) is 36.0 Å². The van der Waals surface area contributed by atoms with Crippen LogP contribution in [0.15, 0.2) is 77.2 Å². The molecule has 114 valence electrons. The number of rotatable bonds is 2. The van der Waals surface area contributed by atoms with E-state index in [-0.39, 0.29) is 5.25 Å². The summed E-state index contributed by atoms with van der Waals surface area (Å²) >= 11 is 1.85. The smallest absolute Gasteiger partial charge is 0.164 e. The van der Waals surface area contributed by atoms with Crippen molar-refractivity contribution in [3.8, 4) is 0 Å². The van der Waals surface area contributed by atoms with Crippen LogP contribution < -0.4 is 0 Å². The van der Waals surface area contributed by atoms with E-state index in [1.54, 1.807) is 0 Å². The van der Waals surface area contributed by atoms with E-state index in [9.17, 15) is 4.79 Å². The number of thioether (sulfide) groups is 1. The summed E-state index contributed by atoms with van der Waals surface area (Å²) < 4.78 is 0. The van der Waals surface area contributed by atoms with Crippen LogP contribution in [-0.4, -0.2) is 5.78 Å². The number of hydrogen-bond acceptors (Lipinski definition) is 2. The topological polar surface area (TPSA) is 17.1 Å². The maximum atomic E-state index is 12.5. The van der Waals surface area contributed by atoms with Gasteiger partial charge in [0.25, 0.3) is 0 Å². The Morgan fingerprint density at radius 1 is 0.870 bits per heavy atom. The molecule has 0 radical (unpaired) electrons. The highest BCUT2D eigenvalue weighted by molar-refractivity contribution is 8.03. The molecule has 4 rings (SSSR count). The van der Waals surface area contributed by atoms with E-state index >= 15 is 0 Å². The van der Waals surface area contributed by atoms with Crippen molar-refractivity contribution in [3.05, 3.63) is 88.3 Å². The Labute approximate surface area is 141 Å². The molecule has 2 aromatic carbocycles. The average molecular weight is 318 g/mol. The molecule has 1 aliphatic carbocycles. The zero-order valence-electron chi connectivity index (χ0n) is 12.9. The van der Waals surface area contributed by atoms with Crippen LogP contribution >= 0.6 is 11.8 Å². The van der Waals surface area contributed by atoms with Gasteiger partial charge in [0.15, 0.2) is 5.78 Å². The van der Waals surface area contributed by atoms with Crippen molar-refractivity contribution in [1.29, 1.82) is 0 Å². The first-order valence-corrected chi connectivity index (χ1v) is 8.96. The summed E-state index contributed by atoms with van der Waals surface area (Å²) in [5, 5.41) is 0.288. The van der Waals surface area contributed by atoms with Gasteiger partial charge in [-0.25, -0.2) is 0 Å². The van der Waals surface area contributed by atoms with Gasteiger partial charge < -0.3 is 0 Å². The maximum absolute atomic E-state index is 12.5. The minimum Gasteiger partial charge on any atom is -0.294 e. The molecule has 1 nitrogen and oxygen atoms in total. The summed E-state index contributed by atoms with van der Waals surface area (Å²) in [4.78, 5) is 13.8. The minimum absolute atomic E-state index is 0.288. The Morgan fingerprint density at radius 2 is 1.57 bits per heavy atom. The normalized spacial score (nSPS) is 21.0. The predicted molar refractivity (Wildman–Crippen MR) is 97.1 cm³/mol. The van der Waals surface area contributed by atoms with Crippen molar-refractivity contribution in [1.82, 2.24) is 0 Å². The van der Waals surface area contributed by atoms with Gasteiger partial charge >= 0.3 is 0 Å². The number of hydrogen-bond donors (Lipinski definition) is 0. The highest BCUT2D eigenvalue weighted by Crippen LogP contribution is 2.50. The largest absolute Gasteiger partial charge is 0.294 e. The van der Waals surface area contributed by atoms with E-state index in [0.717, 1.165) is 29.6 Å². The highest BCUT2D eigenvalue weighted by atomic mass is 32.2. The van der Waals surface area contributed by atoms with Crippen molar-refractivity contribution in [2.24, 2.45) is 0 Å². The monoisotopic (exact) mass is 318 g/mol. The molecule has 0 saturated heterocycles. The van der Waals surface area contributed by atoms with Gasteiger partial charge in [-0.1, -0.05) is 66.7 Å². The Hall–Kier alpha value is -2.06. The lowest BCUT2D eigenvalue weighted by atomic mass is 9.87. The van der Waals surface area contributed by atoms with Gasteiger partial charge in [0.1, 0.15) is 0 Å². The number of ketones is 1. The lowest BCUT2D eigenvalue weighted by molar-refractivity contribution is -0.115. The molecule has 1 unspecified atom stereocenters. The lowest BCUT2D eigenvalue weighted by Gasteiger charge is -2.29. The van der Waals surface area contributed by atoms with Gasteiger partial charge in [0, 0.05) is 12.0 Å². The predicted octanol–water partition coefficient (Wildman–Crippen LogP) is 5.57. The molecule has 2 heteroatoms. The molecule has 2 aliphatic rings. The molecule has 1 heterocycles. The second-order valence-electron chi connectivity index (χ2n) is 5.97. The van der Waals surface area contributed by atoms with E-state index in [0.29, 0.717) is 12.2 Å². The highest BCUT2D eigenvalue weighted by Gasteiger charge is 2.30. The molecule has 0 bridgehead atoms. The zero-order chi connectivity index (χ0) is 15.6. The maximum Gasteiger partial charge on any atom is 0.164 e. The van der Waals surface area contributed by atoms with Crippen LogP contribution in [0, 0.1) is 0 Å². The van der Waals surface area contributed by atoms with Crippen molar-refractivity contribution in [2.75, 3.05) is 0 Å². The van der Waals surface area contributed by atoms with Crippen LogP contribution in [-0.2, 0) is 4.79 Å². The molecular formula is C21H18OS. The Balaban J connectivity index is 1.83. The average Bonchev–Trinajstić information content (AvgIpc) is 2.62. The van der Waals surface area contributed by atoms with Crippen LogP contribution in [0.2, 0.25) is 0 Å². The summed E-state index contributed by atoms with van der Waals surface area (Å²) in [7, 11) is 0. The second kappa shape index (κ2) is 6.21. The molecule has 23 heavy (non-hydrogen) atoms. The van der Waals surface area contributed by atoms with E-state index in [1.165, 1.54) is 10.5 Å². The van der Waals surface area contributed by atoms with E-state index in [2.05, 4.69) is 42.5 Å². The Kier molecular flexibility index (Phi) is 3.92. The molecule has 0 aromatic heterocycles. The van der Waals surface area contributed by atoms with Crippen LogP contribution in [0.1, 0.15) is 35.6 Å². The molecule has 1 aliphatic heterocycles. The number of carbonyl (C=O) groups is 1. The molecule has 0 N–H and O–H groups in total. The summed E-state index contributed by atoms with van der Waals surface area (Å²) in [6, 6.07) is 20.9. The minimum atomic E-state index is 0.288. The molecule has 0 amide bonds. The molecule has 0 saturated carbocycles. The van der Waals surface area contributed by atoms with Gasteiger partial charge in [-0.05, 0) is 34.4 Å². The van der Waals surface area contributed by atoms with Crippen molar-refractivity contribution >= 4 is 23.1 Å². The van der Waals surface area contributed by atoms with Crippen molar-refractivity contribution in [2.45, 2.75) is 24.5 Å². The third kappa shape index (κ3) is 2.79. The Bertz CT molecular complexity index is 787. The first-order valence-electron chi connectivity index (χ1n) is 8.08. The van der Waals surface area contributed by atoms with Gasteiger partial charge in [-0.15, -0.1) is 11.8 Å². The van der Waals surface area contributed by atoms with Crippen LogP contribution in [0.4, 0.5) is 0 Å². The van der Waals surface area contributed by atoms with Crippen LogP contribution in [0.25, 0.3) is 5.57 Å².